The van der Waals surface area contributed by atoms with Crippen molar-refractivity contribution < 1.29 is 0 Å². The minimum Gasteiger partial charge on any atom is -0.314 e. The minimum absolute atomic E-state index is 0.748. The molecule has 2 heteroatoms. The maximum atomic E-state index is 3.60. The second kappa shape index (κ2) is 9.85. The smallest absolute Gasteiger partial charge is 0.00774 e. The van der Waals surface area contributed by atoms with Gasteiger partial charge in [-0.1, -0.05) is 33.6 Å². The molecule has 14 heavy (non-hydrogen) atoms. The predicted molar refractivity (Wildman–Crippen MR) is 69.2 cm³/mol. The van der Waals surface area contributed by atoms with Gasteiger partial charge in [0.05, 0.1) is 0 Å². The fourth-order valence-electron chi connectivity index (χ4n) is 1.88. The molecule has 0 aliphatic heterocycles. The molecule has 1 atom stereocenters. The van der Waals surface area contributed by atoms with E-state index in [1.54, 1.807) is 0 Å². The first-order chi connectivity index (χ1) is 6.78. The lowest BCUT2D eigenvalue weighted by molar-refractivity contribution is 0.364. The van der Waals surface area contributed by atoms with Gasteiger partial charge in [0.1, 0.15) is 0 Å². The van der Waals surface area contributed by atoms with Crippen LogP contribution in [0.25, 0.3) is 0 Å². The zero-order valence-electron chi connectivity index (χ0n) is 10.3. The first-order valence-corrected chi connectivity index (χ1v) is 7.40. The van der Waals surface area contributed by atoms with Crippen LogP contribution in [0.3, 0.4) is 0 Å². The Labute approximate surface area is 94.4 Å². The molecule has 86 valence electrons. The van der Waals surface area contributed by atoms with Crippen molar-refractivity contribution in [2.24, 2.45) is 5.92 Å². The van der Waals surface area contributed by atoms with Crippen molar-refractivity contribution >= 4 is 11.8 Å². The number of hydrogen-bond donors (Lipinski definition) is 1. The van der Waals surface area contributed by atoms with Gasteiger partial charge in [-0.3, -0.25) is 0 Å². The summed E-state index contributed by atoms with van der Waals surface area (Å²) in [6.07, 6.45) is 7.54. The Kier molecular flexibility index (Phi) is 10.1. The molecular weight excluding hydrogens is 190 g/mol. The molecule has 0 heterocycles. The number of hydrogen-bond acceptors (Lipinski definition) is 2. The summed E-state index contributed by atoms with van der Waals surface area (Å²) in [4.78, 5) is 0. The standard InChI is InChI=1S/C12H27NS/c1-5-11(6-2)10-12(13-7-3)8-9-14-4/h11-13H,5-10H2,1-4H3. The lowest BCUT2D eigenvalue weighted by atomic mass is 9.93. The third kappa shape index (κ3) is 6.72. The van der Waals surface area contributed by atoms with Gasteiger partial charge in [-0.25, -0.2) is 0 Å². The van der Waals surface area contributed by atoms with Crippen LogP contribution in [0.1, 0.15) is 46.5 Å². The van der Waals surface area contributed by atoms with Crippen molar-refractivity contribution in [3.8, 4) is 0 Å². The number of rotatable bonds is 9. The van der Waals surface area contributed by atoms with Crippen LogP contribution in [0.15, 0.2) is 0 Å². The Hall–Kier alpha value is 0.310. The second-order valence-electron chi connectivity index (χ2n) is 3.95. The van der Waals surface area contributed by atoms with Crippen LogP contribution >= 0.6 is 11.8 Å². The Morgan fingerprint density at radius 2 is 1.79 bits per heavy atom. The summed E-state index contributed by atoms with van der Waals surface area (Å²) in [5, 5.41) is 3.60. The SMILES string of the molecule is CCNC(CCSC)CC(CC)CC. The third-order valence-corrected chi connectivity index (χ3v) is 3.58. The molecular formula is C12H27NS. The largest absolute Gasteiger partial charge is 0.314 e. The first kappa shape index (κ1) is 14.3. The molecule has 1 unspecified atom stereocenters. The molecule has 0 fully saturated rings. The van der Waals surface area contributed by atoms with Gasteiger partial charge < -0.3 is 5.32 Å². The molecule has 0 rings (SSSR count). The third-order valence-electron chi connectivity index (χ3n) is 2.94. The summed E-state index contributed by atoms with van der Waals surface area (Å²) < 4.78 is 0. The van der Waals surface area contributed by atoms with E-state index in [2.05, 4.69) is 32.3 Å². The minimum atomic E-state index is 0.748. The summed E-state index contributed by atoms with van der Waals surface area (Å²) in [7, 11) is 0. The van der Waals surface area contributed by atoms with Crippen molar-refractivity contribution in [3.05, 3.63) is 0 Å². The fraction of sp³-hybridized carbons (Fsp3) is 1.00. The quantitative estimate of drug-likeness (QED) is 0.634. The molecule has 0 spiro atoms. The summed E-state index contributed by atoms with van der Waals surface area (Å²) >= 11 is 1.96. The molecule has 0 aromatic rings. The second-order valence-corrected chi connectivity index (χ2v) is 4.94. The van der Waals surface area contributed by atoms with E-state index in [0.29, 0.717) is 0 Å². The first-order valence-electron chi connectivity index (χ1n) is 6.00. The molecule has 0 aliphatic rings. The normalized spacial score (nSPS) is 13.5. The van der Waals surface area contributed by atoms with Crippen molar-refractivity contribution in [2.75, 3.05) is 18.6 Å². The van der Waals surface area contributed by atoms with E-state index in [1.165, 1.54) is 31.4 Å². The van der Waals surface area contributed by atoms with Crippen LogP contribution in [-0.4, -0.2) is 24.6 Å². The van der Waals surface area contributed by atoms with E-state index in [1.807, 2.05) is 11.8 Å². The van der Waals surface area contributed by atoms with Crippen molar-refractivity contribution in [1.29, 1.82) is 0 Å². The molecule has 0 bridgehead atoms. The number of thioether (sulfide) groups is 1. The molecule has 0 radical (unpaired) electrons. The maximum absolute atomic E-state index is 3.60. The van der Waals surface area contributed by atoms with Crippen LogP contribution in [0.2, 0.25) is 0 Å². The zero-order chi connectivity index (χ0) is 10.8. The summed E-state index contributed by atoms with van der Waals surface area (Å²) in [6, 6.07) is 0.748. The summed E-state index contributed by atoms with van der Waals surface area (Å²) in [6.45, 7) is 7.94. The van der Waals surface area contributed by atoms with Gasteiger partial charge in [-0.05, 0) is 37.3 Å². The Morgan fingerprint density at radius 3 is 2.21 bits per heavy atom. The van der Waals surface area contributed by atoms with E-state index in [0.717, 1.165) is 18.5 Å². The lowest BCUT2D eigenvalue weighted by Crippen LogP contribution is -2.31. The van der Waals surface area contributed by atoms with Gasteiger partial charge in [0.15, 0.2) is 0 Å². The van der Waals surface area contributed by atoms with Gasteiger partial charge in [-0.2, -0.15) is 11.8 Å². The van der Waals surface area contributed by atoms with Gasteiger partial charge in [0, 0.05) is 6.04 Å². The van der Waals surface area contributed by atoms with Crippen molar-refractivity contribution in [1.82, 2.24) is 5.32 Å². The highest BCUT2D eigenvalue weighted by Gasteiger charge is 2.12. The van der Waals surface area contributed by atoms with Crippen LogP contribution < -0.4 is 5.32 Å². The molecule has 0 aromatic heterocycles. The van der Waals surface area contributed by atoms with E-state index in [-0.39, 0.29) is 0 Å². The monoisotopic (exact) mass is 217 g/mol. The molecule has 0 aromatic carbocycles. The van der Waals surface area contributed by atoms with E-state index >= 15 is 0 Å². The Balaban J connectivity index is 3.80. The highest BCUT2D eigenvalue weighted by molar-refractivity contribution is 7.98. The number of nitrogens with one attached hydrogen (secondary N) is 1. The zero-order valence-corrected chi connectivity index (χ0v) is 11.1. The molecule has 1 N–H and O–H groups in total. The molecule has 1 nitrogen and oxygen atoms in total. The molecule has 0 saturated heterocycles. The Bertz CT molecular complexity index is 113. The topological polar surface area (TPSA) is 12.0 Å². The van der Waals surface area contributed by atoms with Crippen LogP contribution in [0.5, 0.6) is 0 Å². The predicted octanol–water partition coefficient (Wildman–Crippen LogP) is 3.54. The highest BCUT2D eigenvalue weighted by Crippen LogP contribution is 2.17. The summed E-state index contributed by atoms with van der Waals surface area (Å²) in [5.74, 6) is 2.21. The Morgan fingerprint density at radius 1 is 1.14 bits per heavy atom. The highest BCUT2D eigenvalue weighted by atomic mass is 32.2. The van der Waals surface area contributed by atoms with E-state index in [4.69, 9.17) is 0 Å². The van der Waals surface area contributed by atoms with Crippen molar-refractivity contribution in [2.45, 2.75) is 52.5 Å². The van der Waals surface area contributed by atoms with Gasteiger partial charge in [-0.15, -0.1) is 0 Å². The fourth-order valence-corrected chi connectivity index (χ4v) is 2.40. The van der Waals surface area contributed by atoms with E-state index < -0.39 is 0 Å². The van der Waals surface area contributed by atoms with Crippen LogP contribution in [0, 0.1) is 5.92 Å². The van der Waals surface area contributed by atoms with Crippen molar-refractivity contribution in [3.63, 3.8) is 0 Å². The molecule has 0 saturated carbocycles. The van der Waals surface area contributed by atoms with Gasteiger partial charge in [0.2, 0.25) is 0 Å². The van der Waals surface area contributed by atoms with E-state index in [9.17, 15) is 0 Å². The average Bonchev–Trinajstić information content (AvgIpc) is 2.22. The van der Waals surface area contributed by atoms with Gasteiger partial charge >= 0.3 is 0 Å². The lowest BCUT2D eigenvalue weighted by Gasteiger charge is -2.22. The van der Waals surface area contributed by atoms with Crippen LogP contribution in [0.4, 0.5) is 0 Å². The van der Waals surface area contributed by atoms with Crippen LogP contribution in [-0.2, 0) is 0 Å². The molecule has 0 amide bonds. The average molecular weight is 217 g/mol. The summed E-state index contributed by atoms with van der Waals surface area (Å²) in [5.41, 5.74) is 0. The molecule has 0 aliphatic carbocycles. The van der Waals surface area contributed by atoms with Gasteiger partial charge in [0.25, 0.3) is 0 Å². The maximum Gasteiger partial charge on any atom is 0.00774 e.